The van der Waals surface area contributed by atoms with Crippen LogP contribution < -0.4 is 23.8 Å². The summed E-state index contributed by atoms with van der Waals surface area (Å²) in [6.45, 7) is 3.35. The highest BCUT2D eigenvalue weighted by Gasteiger charge is 2.30. The van der Waals surface area contributed by atoms with Gasteiger partial charge >= 0.3 is 0 Å². The van der Waals surface area contributed by atoms with E-state index in [2.05, 4.69) is 5.32 Å². The van der Waals surface area contributed by atoms with Gasteiger partial charge in [0.15, 0.2) is 11.5 Å². The van der Waals surface area contributed by atoms with E-state index in [1.165, 1.54) is 14.2 Å². The van der Waals surface area contributed by atoms with Gasteiger partial charge in [-0.2, -0.15) is 0 Å². The molecule has 0 saturated carbocycles. The van der Waals surface area contributed by atoms with Crippen LogP contribution >= 0.6 is 0 Å². The zero-order valence-electron chi connectivity index (χ0n) is 18.0. The molecule has 0 aliphatic heterocycles. The number of carbonyl (C=O) groups is 1. The molecule has 1 N–H and O–H groups in total. The Morgan fingerprint density at radius 1 is 0.933 bits per heavy atom. The van der Waals surface area contributed by atoms with Crippen LogP contribution in [0.2, 0.25) is 0 Å². The lowest BCUT2D eigenvalue weighted by molar-refractivity contribution is -0.122. The Labute approximate surface area is 177 Å². The van der Waals surface area contributed by atoms with Crippen LogP contribution in [0.15, 0.2) is 42.5 Å². The normalized spacial score (nSPS) is 13.1. The zero-order chi connectivity index (χ0) is 22.5. The van der Waals surface area contributed by atoms with Gasteiger partial charge in [-0.25, -0.2) is 8.42 Å². The summed E-state index contributed by atoms with van der Waals surface area (Å²) in [6.07, 6.45) is 1.07. The molecule has 0 unspecified atom stereocenters. The Balaban J connectivity index is 2.24. The number of hydrogen-bond acceptors (Lipinski definition) is 6. The molecule has 2 rings (SSSR count). The monoisotopic (exact) mass is 436 g/mol. The molecule has 1 amide bonds. The van der Waals surface area contributed by atoms with Gasteiger partial charge in [-0.15, -0.1) is 0 Å². The molecule has 0 radical (unpaired) electrons. The number of carbonyl (C=O) groups excluding carboxylic acids is 1. The van der Waals surface area contributed by atoms with Crippen molar-refractivity contribution in [3.63, 3.8) is 0 Å². The molecule has 30 heavy (non-hydrogen) atoms. The second-order valence-electron chi connectivity index (χ2n) is 6.78. The minimum atomic E-state index is -3.71. The lowest BCUT2D eigenvalue weighted by Crippen LogP contribution is -2.48. The molecule has 2 atom stereocenters. The van der Waals surface area contributed by atoms with Crippen LogP contribution in [0.1, 0.15) is 25.5 Å². The molecule has 164 valence electrons. The summed E-state index contributed by atoms with van der Waals surface area (Å²) < 4.78 is 41.6. The van der Waals surface area contributed by atoms with Crippen molar-refractivity contribution in [3.05, 3.63) is 48.0 Å². The van der Waals surface area contributed by atoms with E-state index >= 15 is 0 Å². The van der Waals surface area contributed by atoms with Crippen LogP contribution in [0, 0.1) is 0 Å². The van der Waals surface area contributed by atoms with E-state index in [1.807, 2.05) is 13.0 Å². The highest BCUT2D eigenvalue weighted by atomic mass is 32.2. The summed E-state index contributed by atoms with van der Waals surface area (Å²) >= 11 is 0. The standard InChI is InChI=1S/C21H28N2O6S/c1-14(16-7-12-19(28-4)20(13-16)29-5)22-21(24)15(2)23(30(6,25)26)17-8-10-18(27-3)11-9-17/h7-15H,1-6H3,(H,22,24)/t14-,15-/m1/s1. The summed E-state index contributed by atoms with van der Waals surface area (Å²) in [5.74, 6) is 1.28. The average molecular weight is 437 g/mol. The molecule has 0 aromatic heterocycles. The second-order valence-corrected chi connectivity index (χ2v) is 8.64. The van der Waals surface area contributed by atoms with Crippen LogP contribution in [-0.2, 0) is 14.8 Å². The number of sulfonamides is 1. The van der Waals surface area contributed by atoms with Gasteiger partial charge in [0.05, 0.1) is 39.3 Å². The van der Waals surface area contributed by atoms with E-state index in [1.54, 1.807) is 50.4 Å². The Morgan fingerprint density at radius 2 is 1.53 bits per heavy atom. The molecule has 0 bridgehead atoms. The molecule has 0 aliphatic rings. The number of anilines is 1. The number of ether oxygens (including phenoxy) is 3. The Hall–Kier alpha value is -2.94. The van der Waals surface area contributed by atoms with Crippen LogP contribution in [0.4, 0.5) is 5.69 Å². The van der Waals surface area contributed by atoms with E-state index in [-0.39, 0.29) is 6.04 Å². The van der Waals surface area contributed by atoms with Crippen molar-refractivity contribution in [1.82, 2.24) is 5.32 Å². The molecule has 2 aromatic rings. The van der Waals surface area contributed by atoms with Crippen LogP contribution in [-0.4, -0.2) is 48.0 Å². The maximum absolute atomic E-state index is 12.9. The van der Waals surface area contributed by atoms with E-state index in [4.69, 9.17) is 14.2 Å². The highest BCUT2D eigenvalue weighted by Crippen LogP contribution is 2.30. The van der Waals surface area contributed by atoms with Crippen molar-refractivity contribution in [1.29, 1.82) is 0 Å². The number of amides is 1. The Bertz CT molecular complexity index is 975. The molecular weight excluding hydrogens is 408 g/mol. The molecule has 0 heterocycles. The van der Waals surface area contributed by atoms with Crippen LogP contribution in [0.5, 0.6) is 17.2 Å². The van der Waals surface area contributed by atoms with Gasteiger partial charge in [-0.05, 0) is 55.8 Å². The molecule has 2 aromatic carbocycles. The Morgan fingerprint density at radius 3 is 2.03 bits per heavy atom. The zero-order valence-corrected chi connectivity index (χ0v) is 18.8. The molecule has 8 nitrogen and oxygen atoms in total. The summed E-state index contributed by atoms with van der Waals surface area (Å²) in [4.78, 5) is 12.9. The maximum Gasteiger partial charge on any atom is 0.244 e. The molecule has 0 aliphatic carbocycles. The molecule has 0 fully saturated rings. The molecule has 9 heteroatoms. The lowest BCUT2D eigenvalue weighted by Gasteiger charge is -2.29. The summed E-state index contributed by atoms with van der Waals surface area (Å²) in [5, 5.41) is 2.86. The van der Waals surface area contributed by atoms with Gasteiger partial charge in [0, 0.05) is 0 Å². The number of nitrogens with one attached hydrogen (secondary N) is 1. The van der Waals surface area contributed by atoms with Gasteiger partial charge in [0.25, 0.3) is 0 Å². The summed E-state index contributed by atoms with van der Waals surface area (Å²) in [6, 6.07) is 10.5. The van der Waals surface area contributed by atoms with E-state index in [9.17, 15) is 13.2 Å². The Kier molecular flexibility index (Phi) is 7.55. The number of hydrogen-bond donors (Lipinski definition) is 1. The first kappa shape index (κ1) is 23.3. The van der Waals surface area contributed by atoms with E-state index in [0.717, 1.165) is 16.1 Å². The third kappa shape index (κ3) is 5.35. The number of nitrogens with zero attached hydrogens (tertiary/aromatic N) is 1. The largest absolute Gasteiger partial charge is 0.497 e. The first-order valence-corrected chi connectivity index (χ1v) is 11.1. The molecule has 0 saturated heterocycles. The van der Waals surface area contributed by atoms with Crippen molar-refractivity contribution < 1.29 is 27.4 Å². The fourth-order valence-electron chi connectivity index (χ4n) is 3.08. The first-order chi connectivity index (χ1) is 14.1. The smallest absolute Gasteiger partial charge is 0.244 e. The van der Waals surface area contributed by atoms with Crippen molar-refractivity contribution in [3.8, 4) is 17.2 Å². The maximum atomic E-state index is 12.9. The van der Waals surface area contributed by atoms with Crippen molar-refractivity contribution in [2.45, 2.75) is 25.9 Å². The predicted molar refractivity (Wildman–Crippen MR) is 116 cm³/mol. The topological polar surface area (TPSA) is 94.2 Å². The third-order valence-electron chi connectivity index (χ3n) is 4.68. The number of methoxy groups -OCH3 is 3. The third-order valence-corrected chi connectivity index (χ3v) is 5.92. The fraction of sp³-hybridized carbons (Fsp3) is 0.381. The van der Waals surface area contributed by atoms with Gasteiger partial charge in [0.1, 0.15) is 11.8 Å². The van der Waals surface area contributed by atoms with Gasteiger partial charge in [-0.3, -0.25) is 9.10 Å². The van der Waals surface area contributed by atoms with Crippen molar-refractivity contribution >= 4 is 21.6 Å². The lowest BCUT2D eigenvalue weighted by atomic mass is 10.1. The average Bonchev–Trinajstić information content (AvgIpc) is 2.72. The minimum absolute atomic E-state index is 0.375. The molecule has 0 spiro atoms. The highest BCUT2D eigenvalue weighted by molar-refractivity contribution is 7.92. The SMILES string of the molecule is COc1ccc(N([C@H](C)C(=O)N[C@H](C)c2ccc(OC)c(OC)c2)S(C)(=O)=O)cc1. The fourth-order valence-corrected chi connectivity index (χ4v) is 4.25. The van der Waals surface area contributed by atoms with E-state index in [0.29, 0.717) is 22.9 Å². The molecular formula is C21H28N2O6S. The van der Waals surface area contributed by atoms with Gasteiger partial charge in [0.2, 0.25) is 15.9 Å². The summed E-state index contributed by atoms with van der Waals surface area (Å²) in [7, 11) is 0.895. The number of benzene rings is 2. The van der Waals surface area contributed by atoms with E-state index < -0.39 is 22.0 Å². The minimum Gasteiger partial charge on any atom is -0.497 e. The van der Waals surface area contributed by atoms with Crippen molar-refractivity contribution in [2.75, 3.05) is 31.9 Å². The van der Waals surface area contributed by atoms with Crippen molar-refractivity contribution in [2.24, 2.45) is 0 Å². The number of rotatable bonds is 9. The first-order valence-electron chi connectivity index (χ1n) is 9.28. The summed E-state index contributed by atoms with van der Waals surface area (Å²) in [5.41, 5.74) is 1.17. The van der Waals surface area contributed by atoms with Gasteiger partial charge < -0.3 is 19.5 Å². The predicted octanol–water partition coefficient (Wildman–Crippen LogP) is 2.74. The van der Waals surface area contributed by atoms with Crippen LogP contribution in [0.3, 0.4) is 0 Å². The quantitative estimate of drug-likeness (QED) is 0.650. The van der Waals surface area contributed by atoms with Gasteiger partial charge in [-0.1, -0.05) is 6.07 Å². The second kappa shape index (κ2) is 9.71. The van der Waals surface area contributed by atoms with Crippen LogP contribution in [0.25, 0.3) is 0 Å².